The Balaban J connectivity index is 2.01. The second-order valence-electron chi connectivity index (χ2n) is 3.55. The summed E-state index contributed by atoms with van der Waals surface area (Å²) in [6.45, 7) is 0. The van der Waals surface area contributed by atoms with E-state index >= 15 is 0 Å². The molecule has 0 unspecified atom stereocenters. The van der Waals surface area contributed by atoms with E-state index in [-0.39, 0.29) is 0 Å². The fraction of sp³-hybridized carbons (Fsp3) is 0.900. The van der Waals surface area contributed by atoms with E-state index in [1.807, 2.05) is 6.21 Å². The van der Waals surface area contributed by atoms with Crippen LogP contribution in [-0.2, 0) is 4.84 Å². The van der Waals surface area contributed by atoms with Crippen LogP contribution < -0.4 is 0 Å². The summed E-state index contributed by atoms with van der Waals surface area (Å²) in [5.41, 5.74) is 0. The molecule has 0 spiro atoms. The molecule has 0 aromatic heterocycles. The van der Waals surface area contributed by atoms with Crippen molar-refractivity contribution in [3.63, 3.8) is 0 Å². The Hall–Kier alpha value is -0.530. The number of hydrogen-bond donors (Lipinski definition) is 0. The van der Waals surface area contributed by atoms with Crippen LogP contribution >= 0.6 is 0 Å². The van der Waals surface area contributed by atoms with Gasteiger partial charge in [-0.05, 0) is 18.8 Å². The maximum absolute atomic E-state index is 4.60. The molecule has 0 N–H and O–H groups in total. The first-order valence-corrected chi connectivity index (χ1v) is 4.98. The van der Waals surface area contributed by atoms with Crippen LogP contribution in [-0.4, -0.2) is 13.3 Å². The summed E-state index contributed by atoms with van der Waals surface area (Å²) in [6.07, 6.45) is 11.4. The normalized spacial score (nSPS) is 20.1. The van der Waals surface area contributed by atoms with Crippen molar-refractivity contribution in [2.24, 2.45) is 11.1 Å². The van der Waals surface area contributed by atoms with Gasteiger partial charge < -0.3 is 4.84 Å². The van der Waals surface area contributed by atoms with Crippen molar-refractivity contribution in [1.29, 1.82) is 0 Å². The lowest BCUT2D eigenvalue weighted by molar-refractivity contribution is 0.214. The van der Waals surface area contributed by atoms with E-state index < -0.39 is 0 Å². The standard InChI is InChI=1S/C10H19NO/c1-12-11-9-5-8-10-6-3-2-4-7-10/h9-10H,2-8H2,1H3/b11-9+. The summed E-state index contributed by atoms with van der Waals surface area (Å²) in [4.78, 5) is 4.60. The highest BCUT2D eigenvalue weighted by Crippen LogP contribution is 2.26. The molecular weight excluding hydrogens is 150 g/mol. The maximum Gasteiger partial charge on any atom is 0.106 e. The lowest BCUT2D eigenvalue weighted by Crippen LogP contribution is -2.05. The summed E-state index contributed by atoms with van der Waals surface area (Å²) in [6, 6.07) is 0. The van der Waals surface area contributed by atoms with Gasteiger partial charge in [-0.2, -0.15) is 0 Å². The molecular formula is C10H19NO. The van der Waals surface area contributed by atoms with E-state index in [0.717, 1.165) is 12.3 Å². The first-order chi connectivity index (χ1) is 5.93. The fourth-order valence-corrected chi connectivity index (χ4v) is 1.91. The molecule has 1 rings (SSSR count). The van der Waals surface area contributed by atoms with Crippen molar-refractivity contribution in [2.45, 2.75) is 44.9 Å². The van der Waals surface area contributed by atoms with Gasteiger partial charge in [-0.15, -0.1) is 0 Å². The lowest BCUT2D eigenvalue weighted by atomic mass is 9.86. The van der Waals surface area contributed by atoms with Crippen molar-refractivity contribution < 1.29 is 4.84 Å². The highest BCUT2D eigenvalue weighted by atomic mass is 16.6. The summed E-state index contributed by atoms with van der Waals surface area (Å²) in [5.74, 6) is 0.960. The third-order valence-electron chi connectivity index (χ3n) is 2.61. The monoisotopic (exact) mass is 169 g/mol. The molecule has 1 fully saturated rings. The molecule has 0 heterocycles. The number of hydrogen-bond acceptors (Lipinski definition) is 2. The van der Waals surface area contributed by atoms with Gasteiger partial charge in [0.2, 0.25) is 0 Å². The first-order valence-electron chi connectivity index (χ1n) is 4.98. The Labute approximate surface area is 75.0 Å². The van der Waals surface area contributed by atoms with Crippen LogP contribution in [0.1, 0.15) is 44.9 Å². The molecule has 0 bridgehead atoms. The smallest absolute Gasteiger partial charge is 0.106 e. The van der Waals surface area contributed by atoms with Crippen molar-refractivity contribution in [1.82, 2.24) is 0 Å². The van der Waals surface area contributed by atoms with Gasteiger partial charge in [0, 0.05) is 6.21 Å². The third-order valence-corrected chi connectivity index (χ3v) is 2.61. The van der Waals surface area contributed by atoms with E-state index in [0.29, 0.717) is 0 Å². The number of oxime groups is 1. The zero-order valence-corrected chi connectivity index (χ0v) is 7.96. The predicted molar refractivity (Wildman–Crippen MR) is 51.3 cm³/mol. The zero-order chi connectivity index (χ0) is 8.65. The molecule has 2 nitrogen and oxygen atoms in total. The molecule has 0 saturated heterocycles. The zero-order valence-electron chi connectivity index (χ0n) is 7.96. The summed E-state index contributed by atoms with van der Waals surface area (Å²) in [5, 5.41) is 3.73. The van der Waals surface area contributed by atoms with Crippen molar-refractivity contribution >= 4 is 6.21 Å². The average molecular weight is 169 g/mol. The fourth-order valence-electron chi connectivity index (χ4n) is 1.91. The molecule has 70 valence electrons. The maximum atomic E-state index is 4.60. The first kappa shape index (κ1) is 9.56. The van der Waals surface area contributed by atoms with E-state index in [9.17, 15) is 0 Å². The quantitative estimate of drug-likeness (QED) is 0.468. The molecule has 0 aromatic rings. The minimum atomic E-state index is 0.960. The van der Waals surface area contributed by atoms with Crippen molar-refractivity contribution in [3.8, 4) is 0 Å². The number of rotatable bonds is 4. The van der Waals surface area contributed by atoms with Gasteiger partial charge in [0.1, 0.15) is 7.11 Å². The number of nitrogens with zero attached hydrogens (tertiary/aromatic N) is 1. The van der Waals surface area contributed by atoms with Crippen LogP contribution in [0.5, 0.6) is 0 Å². The molecule has 0 aromatic carbocycles. The van der Waals surface area contributed by atoms with Crippen LogP contribution in [0.25, 0.3) is 0 Å². The minimum Gasteiger partial charge on any atom is -0.399 e. The Kier molecular flexibility index (Phi) is 4.81. The summed E-state index contributed by atoms with van der Waals surface area (Å²) in [7, 11) is 1.59. The molecule has 0 radical (unpaired) electrons. The van der Waals surface area contributed by atoms with Crippen LogP contribution in [0.15, 0.2) is 5.16 Å². The Morgan fingerprint density at radius 3 is 2.75 bits per heavy atom. The largest absolute Gasteiger partial charge is 0.399 e. The van der Waals surface area contributed by atoms with Gasteiger partial charge in [0.15, 0.2) is 0 Å². The highest BCUT2D eigenvalue weighted by Gasteiger charge is 2.11. The molecule has 2 heteroatoms. The summed E-state index contributed by atoms with van der Waals surface area (Å²) >= 11 is 0. The predicted octanol–water partition coefficient (Wildman–Crippen LogP) is 2.98. The van der Waals surface area contributed by atoms with Crippen LogP contribution in [0.3, 0.4) is 0 Å². The van der Waals surface area contributed by atoms with Crippen LogP contribution in [0.2, 0.25) is 0 Å². The van der Waals surface area contributed by atoms with Gasteiger partial charge in [-0.25, -0.2) is 0 Å². The molecule has 1 aliphatic rings. The lowest BCUT2D eigenvalue weighted by Gasteiger charge is -2.20. The van der Waals surface area contributed by atoms with E-state index in [2.05, 4.69) is 9.99 Å². The molecule has 0 atom stereocenters. The molecule has 12 heavy (non-hydrogen) atoms. The Bertz CT molecular complexity index is 128. The van der Waals surface area contributed by atoms with Gasteiger partial charge in [0.05, 0.1) is 0 Å². The SMILES string of the molecule is CO/N=C/CCC1CCCCC1. The van der Waals surface area contributed by atoms with Crippen LogP contribution in [0, 0.1) is 5.92 Å². The van der Waals surface area contributed by atoms with E-state index in [1.165, 1.54) is 38.5 Å². The second kappa shape index (κ2) is 6.04. The van der Waals surface area contributed by atoms with Gasteiger partial charge in [0.25, 0.3) is 0 Å². The second-order valence-corrected chi connectivity index (χ2v) is 3.55. The van der Waals surface area contributed by atoms with Gasteiger partial charge in [-0.1, -0.05) is 37.3 Å². The molecule has 0 amide bonds. The Morgan fingerprint density at radius 1 is 1.33 bits per heavy atom. The van der Waals surface area contributed by atoms with Gasteiger partial charge in [-0.3, -0.25) is 0 Å². The third kappa shape index (κ3) is 3.74. The molecule has 1 saturated carbocycles. The van der Waals surface area contributed by atoms with Crippen molar-refractivity contribution in [3.05, 3.63) is 0 Å². The van der Waals surface area contributed by atoms with Crippen LogP contribution in [0.4, 0.5) is 0 Å². The minimum absolute atomic E-state index is 0.960. The highest BCUT2D eigenvalue weighted by molar-refractivity contribution is 5.56. The molecule has 1 aliphatic carbocycles. The van der Waals surface area contributed by atoms with Gasteiger partial charge >= 0.3 is 0 Å². The Morgan fingerprint density at radius 2 is 2.08 bits per heavy atom. The summed E-state index contributed by atoms with van der Waals surface area (Å²) < 4.78 is 0. The topological polar surface area (TPSA) is 21.6 Å². The van der Waals surface area contributed by atoms with E-state index in [1.54, 1.807) is 7.11 Å². The molecule has 0 aliphatic heterocycles. The average Bonchev–Trinajstić information content (AvgIpc) is 2.14. The van der Waals surface area contributed by atoms with E-state index in [4.69, 9.17) is 0 Å². The van der Waals surface area contributed by atoms with Crippen molar-refractivity contribution in [2.75, 3.05) is 7.11 Å².